The molecule has 1 saturated heterocycles. The Labute approximate surface area is 207 Å². The fourth-order valence-electron chi connectivity index (χ4n) is 7.97. The van der Waals surface area contributed by atoms with Gasteiger partial charge in [-0.25, -0.2) is 0 Å². The first kappa shape index (κ1) is 21.5. The molecule has 35 heavy (non-hydrogen) atoms. The maximum absolute atomic E-state index is 11.2. The molecule has 4 aliphatic rings. The van der Waals surface area contributed by atoms with E-state index in [0.717, 1.165) is 0 Å². The van der Waals surface area contributed by atoms with Gasteiger partial charge in [-0.1, -0.05) is 6.08 Å². The van der Waals surface area contributed by atoms with Crippen molar-refractivity contribution in [1.29, 1.82) is 0 Å². The van der Waals surface area contributed by atoms with Crippen LogP contribution in [0.5, 0.6) is 0 Å². The molecule has 7 heterocycles. The van der Waals surface area contributed by atoms with E-state index in [4.69, 9.17) is 4.74 Å². The van der Waals surface area contributed by atoms with Crippen molar-refractivity contribution in [3.05, 3.63) is 82.2 Å². The van der Waals surface area contributed by atoms with Gasteiger partial charge in [0.1, 0.15) is 11.7 Å². The van der Waals surface area contributed by atoms with Gasteiger partial charge in [0.05, 0.1) is 24.1 Å². The third-order valence-corrected chi connectivity index (χ3v) is 9.60. The fourth-order valence-corrected chi connectivity index (χ4v) is 7.97. The highest BCUT2D eigenvalue weighted by molar-refractivity contribution is 5.57. The van der Waals surface area contributed by atoms with Gasteiger partial charge in [0.25, 0.3) is 0 Å². The third-order valence-electron chi connectivity index (χ3n) is 9.60. The first-order valence-electron chi connectivity index (χ1n) is 13.0. The zero-order chi connectivity index (χ0) is 24.4. The summed E-state index contributed by atoms with van der Waals surface area (Å²) in [5.74, 6) is 0.355. The first-order valence-corrected chi connectivity index (χ1v) is 13.0. The minimum absolute atomic E-state index is 0.00605. The molecule has 0 spiro atoms. The lowest BCUT2D eigenvalue weighted by Gasteiger charge is -2.39. The number of hydrogen-bond acceptors (Lipinski definition) is 2. The number of aliphatic hydroxyl groups is 1. The number of ether oxygens (including phenoxy) is 1. The van der Waals surface area contributed by atoms with Crippen molar-refractivity contribution in [3.8, 4) is 0 Å². The molecule has 1 N–H and O–H groups in total. The predicted octanol–water partition coefficient (Wildman–Crippen LogP) is 5.83. The molecular formula is C30H35N3O2. The Kier molecular flexibility index (Phi) is 4.26. The summed E-state index contributed by atoms with van der Waals surface area (Å²) >= 11 is 0. The summed E-state index contributed by atoms with van der Waals surface area (Å²) in [7, 11) is 0. The summed E-state index contributed by atoms with van der Waals surface area (Å²) < 4.78 is 14.3. The second kappa shape index (κ2) is 6.92. The highest BCUT2D eigenvalue weighted by Gasteiger charge is 2.63. The molecule has 0 radical (unpaired) electrons. The maximum atomic E-state index is 11.2. The lowest BCUT2D eigenvalue weighted by molar-refractivity contribution is -0.0905. The normalized spacial score (nSPS) is 34.9. The van der Waals surface area contributed by atoms with Crippen molar-refractivity contribution in [1.82, 2.24) is 13.7 Å². The summed E-state index contributed by atoms with van der Waals surface area (Å²) in [6.45, 7) is 13.2. The molecule has 0 unspecified atom stereocenters. The second-order valence-corrected chi connectivity index (χ2v) is 11.3. The molecule has 4 bridgehead atoms. The van der Waals surface area contributed by atoms with Gasteiger partial charge >= 0.3 is 0 Å². The van der Waals surface area contributed by atoms with Gasteiger partial charge in [-0.15, -0.1) is 0 Å². The van der Waals surface area contributed by atoms with Crippen LogP contribution in [0.4, 0.5) is 0 Å². The van der Waals surface area contributed by atoms with Gasteiger partial charge in [-0.3, -0.25) is 0 Å². The second-order valence-electron chi connectivity index (χ2n) is 11.3. The summed E-state index contributed by atoms with van der Waals surface area (Å²) in [6, 6.07) is 12.0. The predicted molar refractivity (Wildman–Crippen MR) is 139 cm³/mol. The molecular weight excluding hydrogens is 434 g/mol. The summed E-state index contributed by atoms with van der Waals surface area (Å²) in [6.07, 6.45) is 8.35. The number of aryl methyl sites for hydroxylation is 2. The highest BCUT2D eigenvalue weighted by Crippen LogP contribution is 2.61. The Bertz CT molecular complexity index is 1420. The Morgan fingerprint density at radius 3 is 2.31 bits per heavy atom. The van der Waals surface area contributed by atoms with E-state index in [1.165, 1.54) is 39.7 Å². The molecule has 7 rings (SSSR count). The van der Waals surface area contributed by atoms with Crippen LogP contribution in [0.3, 0.4) is 0 Å². The first-order chi connectivity index (χ1) is 16.7. The molecule has 0 saturated carbocycles. The number of rotatable bonds is 2. The van der Waals surface area contributed by atoms with E-state index < -0.39 is 11.7 Å². The van der Waals surface area contributed by atoms with Crippen LogP contribution in [0.1, 0.15) is 90.5 Å². The summed E-state index contributed by atoms with van der Waals surface area (Å²) in [5.41, 5.74) is 8.34. The monoisotopic (exact) mass is 469 g/mol. The zero-order valence-corrected chi connectivity index (χ0v) is 21.4. The van der Waals surface area contributed by atoms with Crippen LogP contribution in [0.2, 0.25) is 0 Å². The molecule has 8 atom stereocenters. The van der Waals surface area contributed by atoms with Gasteiger partial charge in [0.2, 0.25) is 0 Å². The van der Waals surface area contributed by atoms with Gasteiger partial charge in [0, 0.05) is 46.1 Å². The smallest absolute Gasteiger partial charge is 0.123 e. The number of nitrogens with zero attached hydrogens (tertiary/aromatic N) is 3. The average Bonchev–Trinajstić information content (AvgIpc) is 3.50. The molecule has 5 nitrogen and oxygen atoms in total. The van der Waals surface area contributed by atoms with E-state index in [1.807, 2.05) is 6.92 Å². The molecule has 1 fully saturated rings. The van der Waals surface area contributed by atoms with Gasteiger partial charge in [-0.05, 0) is 95.7 Å². The van der Waals surface area contributed by atoms with E-state index >= 15 is 0 Å². The Hall–Kier alpha value is -2.76. The topological polar surface area (TPSA) is 44.2 Å². The minimum atomic E-state index is -0.733. The molecule has 5 heteroatoms. The largest absolute Gasteiger partial charge is 0.390 e. The number of aliphatic hydroxyl groups excluding tert-OH is 1. The highest BCUT2D eigenvalue weighted by atomic mass is 16.5. The SMILES string of the molecule is Cc1ccc2n1[C@@H]1[C@@H]3O[C@]([C@H](C)O)(C=C2)[C@H]1c1cc([C@H]2C=Cc4ccc(C)n4[C@@H]2C)c(C)n1[C@@H]3C. The Morgan fingerprint density at radius 2 is 1.60 bits per heavy atom. The van der Waals surface area contributed by atoms with Crippen LogP contribution in [0, 0.1) is 20.8 Å². The summed E-state index contributed by atoms with van der Waals surface area (Å²) in [4.78, 5) is 0. The molecule has 182 valence electrons. The number of fused-ring (bicyclic) bond motifs is 3. The Balaban J connectivity index is 1.43. The fraction of sp³-hybridized carbons (Fsp3) is 0.467. The van der Waals surface area contributed by atoms with Crippen LogP contribution in [0.15, 0.2) is 42.5 Å². The van der Waals surface area contributed by atoms with Crippen LogP contribution in [-0.4, -0.2) is 36.6 Å². The van der Waals surface area contributed by atoms with Gasteiger partial charge in [-0.2, -0.15) is 0 Å². The molecule has 3 aromatic heterocycles. The van der Waals surface area contributed by atoms with Crippen LogP contribution in [-0.2, 0) is 4.74 Å². The van der Waals surface area contributed by atoms with Crippen molar-refractivity contribution in [3.63, 3.8) is 0 Å². The molecule has 4 aliphatic heterocycles. The van der Waals surface area contributed by atoms with Crippen molar-refractivity contribution < 1.29 is 9.84 Å². The molecule has 0 aliphatic carbocycles. The van der Waals surface area contributed by atoms with E-state index in [1.54, 1.807) is 0 Å². The standard InChI is InChI=1S/C30H35N3O2/c1-16-7-9-22-11-12-24(18(3)31(16)22)25-15-26-27-28-29(20(5)33(26)19(25)4)35-30(27,21(6)34)14-13-23-10-8-17(2)32(23)28/h7-15,18,20-21,24,27-29,34H,1-6H3/t18-,20-,21+,24+,27+,28+,29-,30+/m1/s1. The molecule has 0 aromatic carbocycles. The van der Waals surface area contributed by atoms with Gasteiger partial charge < -0.3 is 23.5 Å². The van der Waals surface area contributed by atoms with Crippen LogP contribution >= 0.6 is 0 Å². The number of hydrogen-bond donors (Lipinski definition) is 1. The minimum Gasteiger partial charge on any atom is -0.390 e. The summed E-state index contributed by atoms with van der Waals surface area (Å²) in [5, 5.41) is 11.2. The maximum Gasteiger partial charge on any atom is 0.123 e. The zero-order valence-electron chi connectivity index (χ0n) is 21.4. The number of allylic oxidation sites excluding steroid dienone is 1. The third kappa shape index (κ3) is 2.51. The lowest BCUT2D eigenvalue weighted by atomic mass is 9.75. The van der Waals surface area contributed by atoms with E-state index in [9.17, 15) is 5.11 Å². The molecule has 3 aromatic rings. The average molecular weight is 470 g/mol. The lowest BCUT2D eigenvalue weighted by Crippen LogP contribution is -2.44. The van der Waals surface area contributed by atoms with Crippen molar-refractivity contribution in [2.75, 3.05) is 0 Å². The van der Waals surface area contributed by atoms with Crippen molar-refractivity contribution in [2.45, 2.75) is 89.3 Å². The quantitative estimate of drug-likeness (QED) is 0.513. The van der Waals surface area contributed by atoms with E-state index in [2.05, 4.69) is 103 Å². The van der Waals surface area contributed by atoms with Gasteiger partial charge in [0.15, 0.2) is 0 Å². The van der Waals surface area contributed by atoms with E-state index in [-0.39, 0.29) is 24.1 Å². The van der Waals surface area contributed by atoms with Crippen LogP contribution in [0.25, 0.3) is 12.2 Å². The van der Waals surface area contributed by atoms with Crippen molar-refractivity contribution >= 4 is 12.2 Å². The van der Waals surface area contributed by atoms with E-state index in [0.29, 0.717) is 12.0 Å². The Morgan fingerprint density at radius 1 is 0.914 bits per heavy atom. The number of aromatic nitrogens is 3. The molecule has 0 amide bonds. The van der Waals surface area contributed by atoms with Crippen molar-refractivity contribution in [2.24, 2.45) is 0 Å². The van der Waals surface area contributed by atoms with Crippen LogP contribution < -0.4 is 0 Å².